The summed E-state index contributed by atoms with van der Waals surface area (Å²) in [6.07, 6.45) is 0.795. The Kier molecular flexibility index (Phi) is 3.73. The third kappa shape index (κ3) is 2.42. The van der Waals surface area contributed by atoms with Gasteiger partial charge in [-0.25, -0.2) is 4.39 Å². The topological polar surface area (TPSA) is 39.2 Å². The van der Waals surface area contributed by atoms with E-state index in [1.54, 1.807) is 13.0 Å². The molecule has 0 aliphatic carbocycles. The first-order chi connectivity index (χ1) is 8.52. The summed E-state index contributed by atoms with van der Waals surface area (Å²) in [5.41, 5.74) is 7.11. The first kappa shape index (κ1) is 13.1. The van der Waals surface area contributed by atoms with Crippen molar-refractivity contribution in [2.24, 2.45) is 5.73 Å². The largest absolute Gasteiger partial charge is 0.459 e. The molecule has 0 fully saturated rings. The van der Waals surface area contributed by atoms with Gasteiger partial charge in [0.1, 0.15) is 17.3 Å². The lowest BCUT2D eigenvalue weighted by atomic mass is 10.1. The molecule has 2 rings (SSSR count). The van der Waals surface area contributed by atoms with Crippen LogP contribution in [-0.4, -0.2) is 0 Å². The molecule has 96 valence electrons. The fraction of sp³-hybridized carbons (Fsp3) is 0.286. The summed E-state index contributed by atoms with van der Waals surface area (Å²) in [7, 11) is 0. The Morgan fingerprint density at radius 1 is 1.39 bits per heavy atom. The molecule has 18 heavy (non-hydrogen) atoms. The van der Waals surface area contributed by atoms with Crippen LogP contribution in [-0.2, 0) is 0 Å². The van der Waals surface area contributed by atoms with Crippen molar-refractivity contribution in [1.29, 1.82) is 0 Å². The van der Waals surface area contributed by atoms with E-state index in [9.17, 15) is 4.39 Å². The second-order valence-electron chi connectivity index (χ2n) is 4.30. The first-order valence-corrected chi connectivity index (χ1v) is 6.22. The molecule has 2 nitrogen and oxygen atoms in total. The Bertz CT molecular complexity index is 565. The highest BCUT2D eigenvalue weighted by atomic mass is 35.5. The highest BCUT2D eigenvalue weighted by Gasteiger charge is 2.14. The number of aryl methyl sites for hydroxylation is 1. The van der Waals surface area contributed by atoms with Gasteiger partial charge in [0, 0.05) is 5.56 Å². The molecule has 2 N–H and O–H groups in total. The number of rotatable bonds is 3. The van der Waals surface area contributed by atoms with Crippen molar-refractivity contribution < 1.29 is 8.81 Å². The van der Waals surface area contributed by atoms with Gasteiger partial charge in [0.15, 0.2) is 0 Å². The quantitative estimate of drug-likeness (QED) is 0.892. The van der Waals surface area contributed by atoms with Crippen molar-refractivity contribution in [1.82, 2.24) is 0 Å². The van der Waals surface area contributed by atoms with Gasteiger partial charge in [-0.3, -0.25) is 0 Å². The van der Waals surface area contributed by atoms with E-state index in [0.29, 0.717) is 27.7 Å². The van der Waals surface area contributed by atoms with Crippen LogP contribution < -0.4 is 5.73 Å². The number of furan rings is 1. The van der Waals surface area contributed by atoms with Crippen molar-refractivity contribution >= 4 is 11.6 Å². The molecule has 1 heterocycles. The predicted octanol–water partition coefficient (Wildman–Crippen LogP) is 4.46. The monoisotopic (exact) mass is 267 g/mol. The number of hydrogen-bond acceptors (Lipinski definition) is 2. The molecular formula is C14H15ClFNO. The maximum atomic E-state index is 13.3. The highest BCUT2D eigenvalue weighted by molar-refractivity contribution is 6.33. The smallest absolute Gasteiger partial charge is 0.135 e. The molecule has 0 bridgehead atoms. The van der Waals surface area contributed by atoms with Crippen molar-refractivity contribution in [3.63, 3.8) is 0 Å². The summed E-state index contributed by atoms with van der Waals surface area (Å²) in [6, 6.07) is 6.49. The predicted molar refractivity (Wildman–Crippen MR) is 71.1 cm³/mol. The van der Waals surface area contributed by atoms with Crippen molar-refractivity contribution in [3.8, 4) is 11.3 Å². The molecule has 0 saturated heterocycles. The van der Waals surface area contributed by atoms with Crippen LogP contribution in [0.1, 0.15) is 30.7 Å². The van der Waals surface area contributed by atoms with E-state index in [2.05, 4.69) is 0 Å². The van der Waals surface area contributed by atoms with Crippen LogP contribution in [0.15, 0.2) is 28.7 Å². The van der Waals surface area contributed by atoms with Crippen molar-refractivity contribution in [2.45, 2.75) is 26.3 Å². The van der Waals surface area contributed by atoms with Crippen molar-refractivity contribution in [3.05, 3.63) is 46.4 Å². The number of benzene rings is 1. The zero-order valence-corrected chi connectivity index (χ0v) is 11.1. The fourth-order valence-corrected chi connectivity index (χ4v) is 1.99. The molecule has 1 unspecified atom stereocenters. The molecule has 0 aliphatic rings. The number of hydrogen-bond donors (Lipinski definition) is 1. The van der Waals surface area contributed by atoms with E-state index < -0.39 is 0 Å². The Morgan fingerprint density at radius 2 is 2.11 bits per heavy atom. The van der Waals surface area contributed by atoms with Gasteiger partial charge in [0.2, 0.25) is 0 Å². The van der Waals surface area contributed by atoms with Gasteiger partial charge in [-0.2, -0.15) is 0 Å². The average Bonchev–Trinajstić information content (AvgIpc) is 2.82. The van der Waals surface area contributed by atoms with E-state index >= 15 is 0 Å². The Balaban J connectivity index is 2.43. The molecule has 1 atom stereocenters. The Hall–Kier alpha value is -1.32. The lowest BCUT2D eigenvalue weighted by Gasteiger charge is -2.06. The van der Waals surface area contributed by atoms with E-state index in [1.165, 1.54) is 6.07 Å². The minimum Gasteiger partial charge on any atom is -0.459 e. The molecule has 0 radical (unpaired) electrons. The molecule has 0 amide bonds. The third-order valence-corrected chi connectivity index (χ3v) is 3.26. The highest BCUT2D eigenvalue weighted by Crippen LogP contribution is 2.32. The van der Waals surface area contributed by atoms with Crippen LogP contribution in [0.25, 0.3) is 11.3 Å². The van der Waals surface area contributed by atoms with Gasteiger partial charge in [-0.15, -0.1) is 0 Å². The summed E-state index contributed by atoms with van der Waals surface area (Å²) in [5.74, 6) is 1.01. The zero-order chi connectivity index (χ0) is 13.3. The van der Waals surface area contributed by atoms with Crippen LogP contribution in [0, 0.1) is 12.7 Å². The van der Waals surface area contributed by atoms with Crippen LogP contribution >= 0.6 is 11.6 Å². The van der Waals surface area contributed by atoms with Gasteiger partial charge in [-0.05, 0) is 43.2 Å². The summed E-state index contributed by atoms with van der Waals surface area (Å²) in [4.78, 5) is 0. The van der Waals surface area contributed by atoms with Crippen LogP contribution in [0.4, 0.5) is 4.39 Å². The van der Waals surface area contributed by atoms with Gasteiger partial charge in [-0.1, -0.05) is 18.5 Å². The molecule has 0 aliphatic heterocycles. The molecule has 0 saturated carbocycles. The third-order valence-electron chi connectivity index (χ3n) is 2.95. The summed E-state index contributed by atoms with van der Waals surface area (Å²) in [6.45, 7) is 3.68. The normalized spacial score (nSPS) is 12.7. The molecule has 4 heteroatoms. The van der Waals surface area contributed by atoms with Crippen molar-refractivity contribution in [2.75, 3.05) is 0 Å². The van der Waals surface area contributed by atoms with Crippen LogP contribution in [0.3, 0.4) is 0 Å². The van der Waals surface area contributed by atoms with E-state index in [-0.39, 0.29) is 11.9 Å². The Labute approximate surface area is 111 Å². The number of halogens is 2. The SMILES string of the molecule is CCC(N)c1ccc(-c2cc(C)c(F)cc2Cl)o1. The minimum absolute atomic E-state index is 0.126. The maximum absolute atomic E-state index is 13.3. The molecule has 0 spiro atoms. The molecular weight excluding hydrogens is 253 g/mol. The van der Waals surface area contributed by atoms with Gasteiger partial charge in [0.25, 0.3) is 0 Å². The van der Waals surface area contributed by atoms with Gasteiger partial charge in [0.05, 0.1) is 11.1 Å². The first-order valence-electron chi connectivity index (χ1n) is 5.84. The van der Waals surface area contributed by atoms with Crippen LogP contribution in [0.5, 0.6) is 0 Å². The lowest BCUT2D eigenvalue weighted by Crippen LogP contribution is -2.06. The zero-order valence-electron chi connectivity index (χ0n) is 10.3. The summed E-state index contributed by atoms with van der Waals surface area (Å²) >= 11 is 6.03. The van der Waals surface area contributed by atoms with Gasteiger partial charge < -0.3 is 10.2 Å². The maximum Gasteiger partial charge on any atom is 0.135 e. The standard InChI is InChI=1S/C14H15ClFNO/c1-3-12(17)14-5-4-13(18-14)9-6-8(2)11(16)7-10(9)15/h4-7,12H,3,17H2,1-2H3. The fourth-order valence-electron chi connectivity index (χ4n) is 1.74. The number of nitrogens with two attached hydrogens (primary N) is 1. The Morgan fingerprint density at radius 3 is 2.78 bits per heavy atom. The van der Waals surface area contributed by atoms with Gasteiger partial charge >= 0.3 is 0 Å². The molecule has 1 aromatic heterocycles. The second kappa shape index (κ2) is 5.12. The molecule has 2 aromatic rings. The minimum atomic E-state index is -0.319. The van der Waals surface area contributed by atoms with E-state index in [4.69, 9.17) is 21.8 Å². The van der Waals surface area contributed by atoms with Crippen LogP contribution in [0.2, 0.25) is 5.02 Å². The van der Waals surface area contributed by atoms with E-state index in [1.807, 2.05) is 19.1 Å². The van der Waals surface area contributed by atoms with E-state index in [0.717, 1.165) is 6.42 Å². The average molecular weight is 268 g/mol. The summed E-state index contributed by atoms with van der Waals surface area (Å²) < 4.78 is 19.0. The summed E-state index contributed by atoms with van der Waals surface area (Å²) in [5, 5.41) is 0.337. The molecule has 1 aromatic carbocycles. The lowest BCUT2D eigenvalue weighted by molar-refractivity contribution is 0.470. The second-order valence-corrected chi connectivity index (χ2v) is 4.71.